The van der Waals surface area contributed by atoms with Crippen molar-refractivity contribution in [3.05, 3.63) is 66.1 Å². The summed E-state index contributed by atoms with van der Waals surface area (Å²) in [5.41, 5.74) is 3.61. The lowest BCUT2D eigenvalue weighted by Crippen LogP contribution is -2.33. The van der Waals surface area contributed by atoms with Crippen molar-refractivity contribution >= 4 is 26.6 Å². The molecule has 9 nitrogen and oxygen atoms in total. The monoisotopic (exact) mass is 524 g/mol. The van der Waals surface area contributed by atoms with Crippen LogP contribution in [0.5, 0.6) is 11.6 Å². The summed E-state index contributed by atoms with van der Waals surface area (Å²) in [5, 5.41) is 20.0. The van der Waals surface area contributed by atoms with Crippen molar-refractivity contribution in [1.82, 2.24) is 14.5 Å². The van der Waals surface area contributed by atoms with E-state index in [9.17, 15) is 18.9 Å². The van der Waals surface area contributed by atoms with Crippen molar-refractivity contribution < 1.29 is 13.2 Å². The molecule has 2 fully saturated rings. The van der Waals surface area contributed by atoms with Crippen LogP contribution in [0.4, 0.5) is 5.69 Å². The van der Waals surface area contributed by atoms with E-state index in [2.05, 4.69) is 25.3 Å². The highest BCUT2D eigenvalue weighted by atomic mass is 32.2. The number of rotatable bonds is 8. The normalized spacial score (nSPS) is 15.4. The molecule has 10 heteroatoms. The predicted molar refractivity (Wildman–Crippen MR) is 142 cm³/mol. The topological polar surface area (TPSA) is 134 Å². The van der Waals surface area contributed by atoms with Gasteiger partial charge < -0.3 is 9.30 Å². The lowest BCUT2D eigenvalue weighted by molar-refractivity contribution is 0.458. The molecule has 0 unspecified atom stereocenters. The number of nitrogens with zero attached hydrogens (tertiary/aromatic N) is 5. The van der Waals surface area contributed by atoms with Crippen molar-refractivity contribution in [3.63, 3.8) is 0 Å². The van der Waals surface area contributed by atoms with Gasteiger partial charge in [-0.3, -0.25) is 4.72 Å². The van der Waals surface area contributed by atoms with E-state index in [-0.39, 0.29) is 16.8 Å². The van der Waals surface area contributed by atoms with Crippen molar-refractivity contribution in [2.45, 2.75) is 43.9 Å². The number of sulfonamides is 1. The quantitative estimate of drug-likeness (QED) is 0.329. The van der Waals surface area contributed by atoms with Crippen LogP contribution in [0.25, 0.3) is 22.2 Å². The maximum absolute atomic E-state index is 12.5. The largest absolute Gasteiger partial charge is 0.436 e. The fraction of sp³-hybridized carbons (Fsp3) is 0.286. The molecule has 2 aliphatic rings. The Morgan fingerprint density at radius 2 is 1.76 bits per heavy atom. The van der Waals surface area contributed by atoms with Gasteiger partial charge in [-0.1, -0.05) is 18.6 Å². The number of aromatic nitrogens is 3. The second kappa shape index (κ2) is 9.47. The number of anilines is 1. The van der Waals surface area contributed by atoms with Crippen LogP contribution in [0, 0.1) is 28.6 Å². The van der Waals surface area contributed by atoms with Gasteiger partial charge in [0.15, 0.2) is 0 Å². The summed E-state index contributed by atoms with van der Waals surface area (Å²) in [6.45, 7) is 0.752. The second-order valence-corrected chi connectivity index (χ2v) is 11.7. The van der Waals surface area contributed by atoms with E-state index in [1.807, 2.05) is 30.3 Å². The summed E-state index contributed by atoms with van der Waals surface area (Å²) in [5.74, 6) is 1.13. The van der Waals surface area contributed by atoms with E-state index in [0.29, 0.717) is 35.8 Å². The molecule has 0 spiro atoms. The van der Waals surface area contributed by atoms with Gasteiger partial charge in [-0.2, -0.15) is 10.5 Å². The standard InChI is InChI=1S/C28H24N6O3S/c29-15-24-23-11-10-21(37-28-25(16-30)31-12-13-32-28)14-26(23)34(17-18-4-5-18)27(24)19-6-8-20(9-7-19)33-38(35,36)22-2-1-3-22/h6-14,18,22,33H,1-5,17H2. The molecule has 38 heavy (non-hydrogen) atoms. The van der Waals surface area contributed by atoms with Gasteiger partial charge in [0.25, 0.3) is 5.88 Å². The summed E-state index contributed by atoms with van der Waals surface area (Å²) in [7, 11) is -3.39. The van der Waals surface area contributed by atoms with E-state index < -0.39 is 10.0 Å². The van der Waals surface area contributed by atoms with Gasteiger partial charge in [0.05, 0.1) is 22.0 Å². The maximum atomic E-state index is 12.5. The highest BCUT2D eigenvalue weighted by Crippen LogP contribution is 2.40. The summed E-state index contributed by atoms with van der Waals surface area (Å²) in [4.78, 5) is 8.13. The Balaban J connectivity index is 1.40. The summed E-state index contributed by atoms with van der Waals surface area (Å²) in [6.07, 6.45) is 7.49. The number of benzene rings is 2. The summed E-state index contributed by atoms with van der Waals surface area (Å²) < 4.78 is 35.8. The van der Waals surface area contributed by atoms with Gasteiger partial charge in [-0.15, -0.1) is 0 Å². The maximum Gasteiger partial charge on any atom is 0.256 e. The highest BCUT2D eigenvalue weighted by Gasteiger charge is 2.31. The lowest BCUT2D eigenvalue weighted by atomic mass is 10.0. The van der Waals surface area contributed by atoms with Gasteiger partial charge >= 0.3 is 0 Å². The van der Waals surface area contributed by atoms with Crippen molar-refractivity contribution in [1.29, 1.82) is 10.5 Å². The van der Waals surface area contributed by atoms with Crippen LogP contribution in [0.15, 0.2) is 54.9 Å². The van der Waals surface area contributed by atoms with Gasteiger partial charge in [0.1, 0.15) is 17.9 Å². The lowest BCUT2D eigenvalue weighted by Gasteiger charge is -2.25. The average molecular weight is 525 g/mol. The minimum Gasteiger partial charge on any atom is -0.436 e. The Bertz CT molecular complexity index is 1720. The number of hydrogen-bond donors (Lipinski definition) is 1. The molecule has 0 bridgehead atoms. The Kier molecular flexibility index (Phi) is 5.97. The summed E-state index contributed by atoms with van der Waals surface area (Å²) in [6, 6.07) is 17.0. The Labute approximate surface area is 220 Å². The third kappa shape index (κ3) is 4.44. The first-order valence-electron chi connectivity index (χ1n) is 12.5. The Hall–Kier alpha value is -4.41. The van der Waals surface area contributed by atoms with Gasteiger partial charge in [-0.25, -0.2) is 18.4 Å². The van der Waals surface area contributed by atoms with E-state index >= 15 is 0 Å². The average Bonchev–Trinajstić information content (AvgIpc) is 3.65. The van der Waals surface area contributed by atoms with Crippen LogP contribution in [0.1, 0.15) is 43.4 Å². The second-order valence-electron chi connectivity index (χ2n) is 9.77. The van der Waals surface area contributed by atoms with E-state index in [0.717, 1.165) is 48.0 Å². The zero-order valence-electron chi connectivity index (χ0n) is 20.5. The minimum absolute atomic E-state index is 0.0902. The molecule has 4 aromatic rings. The van der Waals surface area contributed by atoms with Crippen molar-refractivity contribution in [2.24, 2.45) is 5.92 Å². The molecule has 190 valence electrons. The number of nitrogens with one attached hydrogen (secondary N) is 1. The molecule has 0 aliphatic heterocycles. The first-order valence-corrected chi connectivity index (χ1v) is 14.1. The SMILES string of the molecule is N#Cc1nccnc1Oc1ccc2c(C#N)c(-c3ccc(NS(=O)(=O)C4CCC4)cc3)n(CC3CC3)c2c1. The fourth-order valence-electron chi connectivity index (χ4n) is 4.77. The number of nitriles is 2. The Morgan fingerprint density at radius 1 is 1.00 bits per heavy atom. The molecule has 0 atom stereocenters. The third-order valence-electron chi connectivity index (χ3n) is 7.18. The molecule has 0 saturated heterocycles. The number of ether oxygens (including phenoxy) is 1. The van der Waals surface area contributed by atoms with Gasteiger partial charge in [-0.05, 0) is 61.4 Å². The first-order chi connectivity index (χ1) is 18.5. The zero-order chi connectivity index (χ0) is 26.3. The van der Waals surface area contributed by atoms with Crippen LogP contribution in [0.3, 0.4) is 0 Å². The highest BCUT2D eigenvalue weighted by molar-refractivity contribution is 7.93. The minimum atomic E-state index is -3.39. The van der Waals surface area contributed by atoms with E-state index in [1.54, 1.807) is 18.2 Å². The van der Waals surface area contributed by atoms with E-state index in [4.69, 9.17) is 4.74 Å². The molecule has 0 amide bonds. The third-order valence-corrected chi connectivity index (χ3v) is 9.05. The van der Waals surface area contributed by atoms with Crippen LogP contribution in [-0.4, -0.2) is 28.2 Å². The van der Waals surface area contributed by atoms with Crippen LogP contribution < -0.4 is 9.46 Å². The fourth-order valence-corrected chi connectivity index (χ4v) is 6.35. The van der Waals surface area contributed by atoms with Gasteiger partial charge in [0, 0.05) is 36.1 Å². The Morgan fingerprint density at radius 3 is 2.42 bits per heavy atom. The molecule has 2 saturated carbocycles. The molecule has 1 N–H and O–H groups in total. The molecule has 2 aromatic carbocycles. The molecule has 2 aliphatic carbocycles. The van der Waals surface area contributed by atoms with Gasteiger partial charge in [0.2, 0.25) is 15.7 Å². The van der Waals surface area contributed by atoms with Crippen LogP contribution >= 0.6 is 0 Å². The predicted octanol–water partition coefficient (Wildman–Crippen LogP) is 5.34. The molecule has 2 aromatic heterocycles. The molecule has 0 radical (unpaired) electrons. The number of fused-ring (bicyclic) bond motifs is 1. The van der Waals surface area contributed by atoms with Crippen LogP contribution in [-0.2, 0) is 16.6 Å². The smallest absolute Gasteiger partial charge is 0.256 e. The molecule has 2 heterocycles. The van der Waals surface area contributed by atoms with Crippen molar-refractivity contribution in [3.8, 4) is 35.0 Å². The molecular formula is C28H24N6O3S. The first kappa shape index (κ1) is 24.0. The van der Waals surface area contributed by atoms with Crippen molar-refractivity contribution in [2.75, 3.05) is 4.72 Å². The van der Waals surface area contributed by atoms with Crippen LogP contribution in [0.2, 0.25) is 0 Å². The molecule has 6 rings (SSSR count). The zero-order valence-corrected chi connectivity index (χ0v) is 21.3. The number of hydrogen-bond acceptors (Lipinski definition) is 7. The van der Waals surface area contributed by atoms with E-state index in [1.165, 1.54) is 12.4 Å². The molecular weight excluding hydrogens is 500 g/mol. The summed E-state index contributed by atoms with van der Waals surface area (Å²) >= 11 is 0.